The average molecular weight is 375 g/mol. The molecule has 8 nitrogen and oxygen atoms in total. The summed E-state index contributed by atoms with van der Waals surface area (Å²) in [5, 5.41) is 34.8. The lowest BCUT2D eigenvalue weighted by atomic mass is 9.80. The molecule has 0 fully saturated rings. The van der Waals surface area contributed by atoms with Gasteiger partial charge in [0, 0.05) is 25.2 Å². The highest BCUT2D eigenvalue weighted by Gasteiger charge is 2.11. The molecule has 0 bridgehead atoms. The molecule has 0 spiro atoms. The first-order valence-corrected chi connectivity index (χ1v) is 7.94. The van der Waals surface area contributed by atoms with Gasteiger partial charge in [0.2, 0.25) is 0 Å². The third-order valence-corrected chi connectivity index (χ3v) is 2.79. The number of benzene rings is 1. The van der Waals surface area contributed by atoms with Crippen LogP contribution in [-0.2, 0) is 14.3 Å². The molecule has 0 atom stereocenters. The van der Waals surface area contributed by atoms with E-state index in [4.69, 9.17) is 20.1 Å². The third kappa shape index (κ3) is 12.5. The summed E-state index contributed by atoms with van der Waals surface area (Å²) in [6, 6.07) is 12.0. The van der Waals surface area contributed by atoms with Crippen molar-refractivity contribution in [3.05, 3.63) is 53.9 Å². The van der Waals surface area contributed by atoms with Gasteiger partial charge in [-0.05, 0) is 36.9 Å². The highest BCUT2D eigenvalue weighted by Crippen LogP contribution is 1.94. The molecule has 1 heterocycles. The number of hydrogen-bond acceptors (Lipinski definition) is 8. The summed E-state index contributed by atoms with van der Waals surface area (Å²) in [6.07, 6.45) is 0. The Kier molecular flexibility index (Phi) is 11.6. The van der Waals surface area contributed by atoms with Crippen molar-refractivity contribution < 1.29 is 34.4 Å². The Hall–Kier alpha value is -2.52. The van der Waals surface area contributed by atoms with Crippen LogP contribution < -0.4 is 10.9 Å². The Labute approximate surface area is 158 Å². The van der Waals surface area contributed by atoms with E-state index in [0.717, 1.165) is 11.4 Å². The molecule has 0 amide bonds. The van der Waals surface area contributed by atoms with Gasteiger partial charge in [-0.25, -0.2) is 0 Å². The van der Waals surface area contributed by atoms with Crippen LogP contribution in [0, 0.1) is 13.8 Å². The summed E-state index contributed by atoms with van der Waals surface area (Å²) in [7, 11) is -2.73. The van der Waals surface area contributed by atoms with E-state index in [2.05, 4.69) is 9.72 Å². The summed E-state index contributed by atoms with van der Waals surface area (Å²) in [6.45, 7) is 6.00. The molecule has 0 aliphatic carbocycles. The van der Waals surface area contributed by atoms with Gasteiger partial charge < -0.3 is 24.8 Å². The van der Waals surface area contributed by atoms with E-state index >= 15 is 0 Å². The number of pyridine rings is 1. The highest BCUT2D eigenvalue weighted by atomic mass is 16.6. The van der Waals surface area contributed by atoms with Gasteiger partial charge in [-0.1, -0.05) is 30.3 Å². The van der Waals surface area contributed by atoms with Crippen LogP contribution in [0.3, 0.4) is 0 Å². The summed E-state index contributed by atoms with van der Waals surface area (Å²) in [5.41, 5.74) is 2.62. The van der Waals surface area contributed by atoms with Crippen LogP contribution in [-0.4, -0.2) is 51.3 Å². The first-order chi connectivity index (χ1) is 12.5. The molecule has 0 saturated heterocycles. The first-order valence-electron chi connectivity index (χ1n) is 7.94. The van der Waals surface area contributed by atoms with E-state index < -0.39 is 26.2 Å². The Morgan fingerprint density at radius 1 is 0.815 bits per heavy atom. The monoisotopic (exact) mass is 375 g/mol. The van der Waals surface area contributed by atoms with E-state index in [-0.39, 0.29) is 0 Å². The highest BCUT2D eigenvalue weighted by molar-refractivity contribution is 6.58. The molecule has 0 saturated carbocycles. The summed E-state index contributed by atoms with van der Waals surface area (Å²) in [4.78, 5) is 23.7. The molecule has 1 aromatic heterocycles. The van der Waals surface area contributed by atoms with Gasteiger partial charge in [0.05, 0.1) is 0 Å². The van der Waals surface area contributed by atoms with E-state index in [9.17, 15) is 9.59 Å². The molecule has 2 rings (SSSR count). The molecule has 27 heavy (non-hydrogen) atoms. The van der Waals surface area contributed by atoms with E-state index in [1.165, 1.54) is 13.8 Å². The molecule has 0 aliphatic heterocycles. The smallest absolute Gasteiger partial charge is 0.423 e. The molecular weight excluding hydrogens is 352 g/mol. The van der Waals surface area contributed by atoms with Gasteiger partial charge in [0.1, 0.15) is 0 Å². The number of nitrogens with zero attached hydrogens (tertiary/aromatic N) is 1. The summed E-state index contributed by atoms with van der Waals surface area (Å²) < 4.78 is 3.97. The van der Waals surface area contributed by atoms with Crippen molar-refractivity contribution in [1.29, 1.82) is 0 Å². The lowest BCUT2D eigenvalue weighted by molar-refractivity contribution is -0.156. The number of hydrogen-bond donors (Lipinski definition) is 4. The Morgan fingerprint density at radius 2 is 1.22 bits per heavy atom. The zero-order chi connectivity index (χ0) is 21.0. The number of esters is 2. The van der Waals surface area contributed by atoms with Crippen molar-refractivity contribution >= 4 is 37.1 Å². The van der Waals surface area contributed by atoms with Gasteiger partial charge in [-0.2, -0.15) is 0 Å². The van der Waals surface area contributed by atoms with Crippen molar-refractivity contribution in [1.82, 2.24) is 4.98 Å². The van der Waals surface area contributed by atoms with Crippen LogP contribution in [0.5, 0.6) is 0 Å². The molecule has 0 unspecified atom stereocenters. The minimum atomic E-state index is -1.39. The number of carbonyl (C=O) groups is 2. The van der Waals surface area contributed by atoms with Gasteiger partial charge >= 0.3 is 26.2 Å². The van der Waals surface area contributed by atoms with Crippen molar-refractivity contribution in [2.45, 2.75) is 27.7 Å². The van der Waals surface area contributed by atoms with Crippen LogP contribution in [0.2, 0.25) is 0 Å². The van der Waals surface area contributed by atoms with Gasteiger partial charge in [-0.3, -0.25) is 14.6 Å². The number of carbonyl (C=O) groups excluding carboxylic acids is 2. The first kappa shape index (κ1) is 24.5. The Balaban J connectivity index is 0.000000387. The molecule has 144 valence electrons. The number of rotatable bonds is 2. The van der Waals surface area contributed by atoms with Crippen molar-refractivity contribution in [3.8, 4) is 0 Å². The van der Waals surface area contributed by atoms with E-state index in [0.29, 0.717) is 10.9 Å². The molecular formula is C17H23B2NO7. The van der Waals surface area contributed by atoms with Crippen molar-refractivity contribution in [3.63, 3.8) is 0 Å². The van der Waals surface area contributed by atoms with Gasteiger partial charge in [0.15, 0.2) is 0 Å². The maximum Gasteiger partial charge on any atom is 0.488 e. The normalized spacial score (nSPS) is 9.04. The Morgan fingerprint density at radius 3 is 1.48 bits per heavy atom. The third-order valence-electron chi connectivity index (χ3n) is 2.79. The predicted molar refractivity (Wildman–Crippen MR) is 102 cm³/mol. The number of aryl methyl sites for hydroxylation is 2. The standard InChI is InChI=1S/C7H10BNO2.C6H7BO2.C4H6O3/c1-5-3-7(8(10)11)4-6(2)9-5;8-7(9)6-4-2-1-3-5-6;1-3(5)7-4(2)6/h3-4,10-11H,1-2H3;1-5,8-9H;1-2H3. The zero-order valence-electron chi connectivity index (χ0n) is 15.7. The van der Waals surface area contributed by atoms with E-state index in [1.807, 2.05) is 19.9 Å². The minimum absolute atomic E-state index is 0.495. The predicted octanol–water partition coefficient (Wildman–Crippen LogP) is -1.16. The van der Waals surface area contributed by atoms with E-state index in [1.54, 1.807) is 36.4 Å². The van der Waals surface area contributed by atoms with Crippen LogP contribution >= 0.6 is 0 Å². The zero-order valence-corrected chi connectivity index (χ0v) is 15.7. The SMILES string of the molecule is CC(=O)OC(C)=O.Cc1cc(B(O)O)cc(C)n1.OB(O)c1ccccc1. The molecule has 1 aromatic carbocycles. The van der Waals surface area contributed by atoms with Crippen LogP contribution in [0.25, 0.3) is 0 Å². The topological polar surface area (TPSA) is 137 Å². The molecule has 2 aromatic rings. The number of ether oxygens (including phenoxy) is 1. The molecule has 10 heteroatoms. The van der Waals surface area contributed by atoms with Crippen molar-refractivity contribution in [2.75, 3.05) is 0 Å². The fraction of sp³-hybridized carbons (Fsp3) is 0.235. The quantitative estimate of drug-likeness (QED) is 0.293. The Bertz CT molecular complexity index is 692. The maximum atomic E-state index is 9.81. The van der Waals surface area contributed by atoms with Crippen LogP contribution in [0.4, 0.5) is 0 Å². The van der Waals surface area contributed by atoms with Gasteiger partial charge in [0.25, 0.3) is 0 Å². The maximum absolute atomic E-state index is 9.81. The largest absolute Gasteiger partial charge is 0.488 e. The second-order valence-electron chi connectivity index (χ2n) is 5.43. The average Bonchev–Trinajstić information content (AvgIpc) is 2.54. The lowest BCUT2D eigenvalue weighted by Crippen LogP contribution is -2.30. The molecule has 0 radical (unpaired) electrons. The van der Waals surface area contributed by atoms with Crippen molar-refractivity contribution in [2.24, 2.45) is 0 Å². The van der Waals surface area contributed by atoms with Crippen LogP contribution in [0.15, 0.2) is 42.5 Å². The molecule has 0 aliphatic rings. The second kappa shape index (κ2) is 12.8. The lowest BCUT2D eigenvalue weighted by Gasteiger charge is -2.01. The fourth-order valence-corrected chi connectivity index (χ4v) is 1.84. The van der Waals surface area contributed by atoms with Crippen LogP contribution in [0.1, 0.15) is 25.2 Å². The fourth-order valence-electron chi connectivity index (χ4n) is 1.84. The summed E-state index contributed by atoms with van der Waals surface area (Å²) >= 11 is 0. The minimum Gasteiger partial charge on any atom is -0.423 e. The second-order valence-corrected chi connectivity index (χ2v) is 5.43. The molecule has 4 N–H and O–H groups in total. The van der Waals surface area contributed by atoms with Gasteiger partial charge in [-0.15, -0.1) is 0 Å². The number of aromatic nitrogens is 1. The summed E-state index contributed by atoms with van der Waals surface area (Å²) in [5.74, 6) is -1.12.